The molecule has 0 heterocycles. The smallest absolute Gasteiger partial charge is 0.523 e. The van der Waals surface area contributed by atoms with E-state index in [9.17, 15) is 0 Å². The predicted molar refractivity (Wildman–Crippen MR) is 50.6 cm³/mol. The zero-order valence-electron chi connectivity index (χ0n) is 6.49. The van der Waals surface area contributed by atoms with E-state index < -0.39 is 0 Å². The molecule has 1 aromatic rings. The molecule has 0 N–H and O–H groups in total. The van der Waals surface area contributed by atoms with E-state index in [2.05, 4.69) is 6.92 Å². The summed E-state index contributed by atoms with van der Waals surface area (Å²) in [6, 6.07) is 9.95. The molecule has 0 bridgehead atoms. The van der Waals surface area contributed by atoms with Gasteiger partial charge in [-0.05, 0) is 12.1 Å². The van der Waals surface area contributed by atoms with E-state index in [-0.39, 0.29) is 28.0 Å². The Hall–Kier alpha value is -0.158. The summed E-state index contributed by atoms with van der Waals surface area (Å²) in [5, 5.41) is 1.15. The van der Waals surface area contributed by atoms with Crippen molar-refractivity contribution in [1.29, 1.82) is 0 Å². The van der Waals surface area contributed by atoms with E-state index in [1.165, 1.54) is 0 Å². The highest BCUT2D eigenvalue weighted by molar-refractivity contribution is 6.28. The van der Waals surface area contributed by atoms with Crippen molar-refractivity contribution in [3.05, 3.63) is 30.3 Å². The largest absolute Gasteiger partial charge is 0.648 e. The van der Waals surface area contributed by atoms with Crippen LogP contribution in [0.2, 0.25) is 5.28 Å². The fraction of sp³-hybridized carbons (Fsp3) is 0.250. The summed E-state index contributed by atoms with van der Waals surface area (Å²) in [7, 11) is 0. The minimum absolute atomic E-state index is 0. The molecule has 1 radical (unpaired) electrons. The molecule has 0 aliphatic rings. The summed E-state index contributed by atoms with van der Waals surface area (Å²) in [6.45, 7) is 2.14. The van der Waals surface area contributed by atoms with Crippen LogP contribution in [0, 0.1) is 0 Å². The van der Waals surface area contributed by atoms with Crippen molar-refractivity contribution in [1.82, 2.24) is 0 Å². The lowest BCUT2D eigenvalue weighted by Gasteiger charge is -2.02. The van der Waals surface area contributed by atoms with Gasteiger partial charge in [-0.2, -0.15) is 0 Å². The lowest BCUT2D eigenvalue weighted by molar-refractivity contribution is 0.594. The molecule has 3 heteroatoms. The van der Waals surface area contributed by atoms with E-state index >= 15 is 0 Å². The maximum atomic E-state index is 5.44. The Labute approximate surface area is 80.2 Å². The molecule has 1 aromatic carbocycles. The molecule has 0 aliphatic carbocycles. The van der Waals surface area contributed by atoms with E-state index in [1.54, 1.807) is 0 Å². The first-order valence-electron chi connectivity index (χ1n) is 3.47. The van der Waals surface area contributed by atoms with Gasteiger partial charge in [0.05, 0.1) is 5.75 Å². The minimum Gasteiger partial charge on any atom is -0.648 e. The van der Waals surface area contributed by atoms with Crippen LogP contribution in [-0.4, -0.2) is 15.6 Å². The molecule has 0 saturated carbocycles. The summed E-state index contributed by atoms with van der Waals surface area (Å²) in [5.74, 6) is 0.999. The Morgan fingerprint density at radius 3 is 2.45 bits per heavy atom. The third-order valence-corrected chi connectivity index (χ3v) is 1.90. The summed E-state index contributed by atoms with van der Waals surface area (Å²) < 4.78 is 5.44. The van der Waals surface area contributed by atoms with Gasteiger partial charge < -0.3 is 3.79 Å². The highest BCUT2D eigenvalue weighted by Crippen LogP contribution is 2.07. The van der Waals surface area contributed by atoms with Crippen molar-refractivity contribution in [2.24, 2.45) is 0 Å². The third-order valence-electron chi connectivity index (χ3n) is 1.13. The summed E-state index contributed by atoms with van der Waals surface area (Å²) in [6.07, 6.45) is 0. The molecule has 0 saturated heterocycles. The predicted octanol–water partition coefficient (Wildman–Crippen LogP) is 2.54. The average Bonchev–Trinajstić information content (AvgIpc) is 2.03. The molecule has 11 heavy (non-hydrogen) atoms. The Balaban J connectivity index is 0.000001000. The van der Waals surface area contributed by atoms with E-state index in [0.29, 0.717) is 0 Å². The Bertz CT molecular complexity index is 179. The first-order valence-corrected chi connectivity index (χ1v) is 4.75. The summed E-state index contributed by atoms with van der Waals surface area (Å²) in [5.41, 5.74) is 0. The fourth-order valence-corrected chi connectivity index (χ4v) is 1.19. The van der Waals surface area contributed by atoms with Gasteiger partial charge in [-0.3, -0.25) is 0 Å². The van der Waals surface area contributed by atoms with Gasteiger partial charge in [0.15, 0.2) is 0 Å². The second-order valence-corrected chi connectivity index (χ2v) is 3.39. The second-order valence-electron chi connectivity index (χ2n) is 2.01. The van der Waals surface area contributed by atoms with Crippen molar-refractivity contribution in [2.45, 2.75) is 12.2 Å². The van der Waals surface area contributed by atoms with E-state index in [4.69, 9.17) is 3.79 Å². The van der Waals surface area contributed by atoms with Gasteiger partial charge in [0, 0.05) is 0 Å². The molecule has 0 aromatic heterocycles. The van der Waals surface area contributed by atoms with Gasteiger partial charge >= 0.3 is 15.6 Å². The normalized spacial score (nSPS) is 8.09. The Kier molecular flexibility index (Phi) is 6.45. The van der Waals surface area contributed by atoms with Crippen LogP contribution in [0.4, 0.5) is 0 Å². The molecular weight excluding hydrogens is 175 g/mol. The van der Waals surface area contributed by atoms with Gasteiger partial charge in [-0.25, -0.2) is 0 Å². The fourth-order valence-electron chi connectivity index (χ4n) is 0.679. The van der Waals surface area contributed by atoms with Crippen LogP contribution in [0.15, 0.2) is 30.3 Å². The number of hydrogen-bond donors (Lipinski definition) is 0. The maximum absolute atomic E-state index is 5.44. The first kappa shape index (κ1) is 10.8. The van der Waals surface area contributed by atoms with Crippen molar-refractivity contribution in [2.75, 3.05) is 0 Å². The van der Waals surface area contributed by atoms with Crippen molar-refractivity contribution >= 4 is 28.0 Å². The third kappa shape index (κ3) is 4.32. The SMILES string of the molecule is C[CH2][Al][O]c1ccccc1.Cl. The number of hydrogen-bond acceptors (Lipinski definition) is 1. The monoisotopic (exact) mass is 185 g/mol. The molecule has 0 atom stereocenters. The van der Waals surface area contributed by atoms with Crippen LogP contribution in [0.5, 0.6) is 5.75 Å². The highest BCUT2D eigenvalue weighted by atomic mass is 35.5. The van der Waals surface area contributed by atoms with Gasteiger partial charge in [-0.1, -0.05) is 30.4 Å². The number of para-hydroxylation sites is 1. The molecule has 0 unspecified atom stereocenters. The minimum atomic E-state index is 0. The van der Waals surface area contributed by atoms with Crippen LogP contribution < -0.4 is 3.79 Å². The maximum Gasteiger partial charge on any atom is 0.523 e. The highest BCUT2D eigenvalue weighted by Gasteiger charge is 1.91. The van der Waals surface area contributed by atoms with Gasteiger partial charge in [0.2, 0.25) is 0 Å². The van der Waals surface area contributed by atoms with E-state index in [1.807, 2.05) is 30.3 Å². The zero-order valence-corrected chi connectivity index (χ0v) is 8.46. The van der Waals surface area contributed by atoms with Crippen molar-refractivity contribution in [3.63, 3.8) is 0 Å². The summed E-state index contributed by atoms with van der Waals surface area (Å²) >= 11 is 0.158. The lowest BCUT2D eigenvalue weighted by Crippen LogP contribution is -1.98. The number of benzene rings is 1. The van der Waals surface area contributed by atoms with Crippen LogP contribution in [-0.2, 0) is 0 Å². The standard InChI is InChI=1S/C6H6O.C2H5.Al.ClH/c7-6-4-2-1-3-5-6;1-2;;/h1-5,7H;1H2,2H3;;1H/q;;+1;/p-1. The molecule has 0 aliphatic heterocycles. The van der Waals surface area contributed by atoms with Crippen LogP contribution in [0.25, 0.3) is 0 Å². The topological polar surface area (TPSA) is 9.23 Å². The number of halogens is 1. The number of rotatable bonds is 3. The lowest BCUT2D eigenvalue weighted by atomic mass is 10.3. The molecule has 1 rings (SSSR count). The van der Waals surface area contributed by atoms with Gasteiger partial charge in [0.25, 0.3) is 0 Å². The molecule has 0 fully saturated rings. The van der Waals surface area contributed by atoms with Crippen molar-refractivity contribution < 1.29 is 3.79 Å². The summed E-state index contributed by atoms with van der Waals surface area (Å²) in [4.78, 5) is 0. The molecule has 59 valence electrons. The molecule has 1 nitrogen and oxygen atoms in total. The van der Waals surface area contributed by atoms with Crippen LogP contribution >= 0.6 is 12.4 Å². The first-order chi connectivity index (χ1) is 4.93. The quantitative estimate of drug-likeness (QED) is 0.658. The zero-order chi connectivity index (χ0) is 7.23. The average molecular weight is 186 g/mol. The van der Waals surface area contributed by atoms with Crippen LogP contribution in [0.1, 0.15) is 6.92 Å². The van der Waals surface area contributed by atoms with E-state index in [0.717, 1.165) is 11.0 Å². The second kappa shape index (κ2) is 6.55. The van der Waals surface area contributed by atoms with Gasteiger partial charge in [0.1, 0.15) is 0 Å². The van der Waals surface area contributed by atoms with Crippen LogP contribution in [0.3, 0.4) is 0 Å². The van der Waals surface area contributed by atoms with Gasteiger partial charge in [-0.15, -0.1) is 12.4 Å². The molecule has 0 amide bonds. The Morgan fingerprint density at radius 2 is 1.91 bits per heavy atom. The van der Waals surface area contributed by atoms with Crippen molar-refractivity contribution in [3.8, 4) is 5.75 Å². The molecule has 0 spiro atoms. The Morgan fingerprint density at radius 1 is 1.27 bits per heavy atom. The molecular formula is C8H11AlClO.